The molecule has 9 heavy (non-hydrogen) atoms. The molecule has 0 aliphatic carbocycles. The van der Waals surface area contributed by atoms with Crippen molar-refractivity contribution in [2.45, 2.75) is 12.5 Å². The summed E-state index contributed by atoms with van der Waals surface area (Å²) in [5.74, 6) is -1.51. The van der Waals surface area contributed by atoms with Crippen LogP contribution in [0.1, 0.15) is 6.42 Å². The zero-order chi connectivity index (χ0) is 6.85. The molecule has 4 nitrogen and oxygen atoms in total. The van der Waals surface area contributed by atoms with E-state index in [9.17, 15) is 9.59 Å². The highest BCUT2D eigenvalue weighted by Crippen LogP contribution is 2.07. The van der Waals surface area contributed by atoms with Gasteiger partial charge in [-0.2, -0.15) is 0 Å². The van der Waals surface area contributed by atoms with Crippen LogP contribution in [0.2, 0.25) is 0 Å². The van der Waals surface area contributed by atoms with E-state index in [0.29, 0.717) is 0 Å². The lowest BCUT2D eigenvalue weighted by Crippen LogP contribution is -2.25. The van der Waals surface area contributed by atoms with Gasteiger partial charge in [0.25, 0.3) is 0 Å². The van der Waals surface area contributed by atoms with E-state index in [-0.39, 0.29) is 18.8 Å². The minimum Gasteiger partial charge on any atom is -0.479 e. The van der Waals surface area contributed by atoms with Crippen LogP contribution in [0, 0.1) is 0 Å². The van der Waals surface area contributed by atoms with Crippen molar-refractivity contribution in [3.05, 3.63) is 0 Å². The zero-order valence-corrected chi connectivity index (χ0v) is 4.66. The molecule has 4 heteroatoms. The summed E-state index contributed by atoms with van der Waals surface area (Å²) in [5.41, 5.74) is 0. The maximum atomic E-state index is 10.5. The first kappa shape index (κ1) is 6.22. The quantitative estimate of drug-likeness (QED) is 0.483. The van der Waals surface area contributed by atoms with Crippen LogP contribution >= 0.6 is 0 Å². The van der Waals surface area contributed by atoms with Gasteiger partial charge in [0.05, 0.1) is 6.61 Å². The molecule has 1 atom stereocenters. The molecule has 0 aromatic carbocycles. The highest BCUT2D eigenvalue weighted by molar-refractivity contribution is 6.02. The fourth-order valence-corrected chi connectivity index (χ4v) is 0.710. The van der Waals surface area contributed by atoms with E-state index < -0.39 is 12.1 Å². The Labute approximate surface area is 51.4 Å². The molecule has 0 unspecified atom stereocenters. The first-order chi connectivity index (χ1) is 4.22. The van der Waals surface area contributed by atoms with Crippen LogP contribution in [0.15, 0.2) is 0 Å². The van der Waals surface area contributed by atoms with Gasteiger partial charge in [-0.1, -0.05) is 0 Å². The maximum absolute atomic E-state index is 10.5. The van der Waals surface area contributed by atoms with Crippen LogP contribution in [0.5, 0.6) is 0 Å². The van der Waals surface area contributed by atoms with Gasteiger partial charge in [0.1, 0.15) is 0 Å². The number of Topliss-reactive ketones (excluding diaryl/α,β-unsaturated/α-hetero) is 1. The molecule has 50 valence electrons. The number of ketones is 1. The molecule has 1 N–H and O–H groups in total. The molecule has 1 fully saturated rings. The summed E-state index contributed by atoms with van der Waals surface area (Å²) < 4.78 is 4.58. The minimum atomic E-state index is -1.19. The second kappa shape index (κ2) is 2.14. The highest BCUT2D eigenvalue weighted by Gasteiger charge is 2.31. The molecule has 1 aliphatic rings. The van der Waals surface area contributed by atoms with Crippen LogP contribution in [-0.4, -0.2) is 29.6 Å². The summed E-state index contributed by atoms with van der Waals surface area (Å²) in [6.45, 7) is 0.246. The first-order valence-electron chi connectivity index (χ1n) is 2.59. The fourth-order valence-electron chi connectivity index (χ4n) is 0.710. The molecule has 0 spiro atoms. The number of hydrogen-bond donors (Lipinski definition) is 1. The average molecular weight is 130 g/mol. The van der Waals surface area contributed by atoms with Crippen molar-refractivity contribution in [1.82, 2.24) is 0 Å². The molecular formula is C5H6O4. The van der Waals surface area contributed by atoms with E-state index in [4.69, 9.17) is 5.11 Å². The SMILES string of the molecule is O=C(O)[C@H]1OCCC1=O. The summed E-state index contributed by atoms with van der Waals surface area (Å²) in [5, 5.41) is 8.24. The number of rotatable bonds is 1. The number of aliphatic carboxylic acids is 1. The fraction of sp³-hybridized carbons (Fsp3) is 0.600. The Kier molecular flexibility index (Phi) is 1.48. The molecule has 1 heterocycles. The topological polar surface area (TPSA) is 63.6 Å². The van der Waals surface area contributed by atoms with E-state index >= 15 is 0 Å². The number of hydrogen-bond acceptors (Lipinski definition) is 3. The van der Waals surface area contributed by atoms with Crippen molar-refractivity contribution in [3.8, 4) is 0 Å². The summed E-state index contributed by atoms with van der Waals surface area (Å²) in [6, 6.07) is 0. The highest BCUT2D eigenvalue weighted by atomic mass is 16.5. The van der Waals surface area contributed by atoms with E-state index in [1.165, 1.54) is 0 Å². The monoisotopic (exact) mass is 130 g/mol. The van der Waals surface area contributed by atoms with E-state index in [0.717, 1.165) is 0 Å². The van der Waals surface area contributed by atoms with Crippen LogP contribution in [0.25, 0.3) is 0 Å². The second-order valence-electron chi connectivity index (χ2n) is 1.81. The lowest BCUT2D eigenvalue weighted by Gasteiger charge is -1.97. The molecule has 0 amide bonds. The third-order valence-corrected chi connectivity index (χ3v) is 1.15. The summed E-state index contributed by atoms with van der Waals surface area (Å²) in [4.78, 5) is 20.6. The Bertz CT molecular complexity index is 151. The van der Waals surface area contributed by atoms with Gasteiger partial charge in [0.2, 0.25) is 6.10 Å². The third kappa shape index (κ3) is 1.08. The van der Waals surface area contributed by atoms with Gasteiger partial charge >= 0.3 is 5.97 Å². The molecule has 0 aromatic heterocycles. The number of carbonyl (C=O) groups excluding carboxylic acids is 1. The van der Waals surface area contributed by atoms with Gasteiger partial charge in [0.15, 0.2) is 5.78 Å². The van der Waals surface area contributed by atoms with Gasteiger partial charge in [-0.05, 0) is 0 Å². The van der Waals surface area contributed by atoms with E-state index in [2.05, 4.69) is 4.74 Å². The van der Waals surface area contributed by atoms with Gasteiger partial charge < -0.3 is 9.84 Å². The summed E-state index contributed by atoms with van der Waals surface area (Å²) in [6.07, 6.45) is -0.957. The number of carboxylic acid groups (broad SMARTS) is 1. The number of carbonyl (C=O) groups is 2. The van der Waals surface area contributed by atoms with Gasteiger partial charge in [-0.3, -0.25) is 4.79 Å². The minimum absolute atomic E-state index is 0.233. The predicted molar refractivity (Wildman–Crippen MR) is 27.0 cm³/mol. The lowest BCUT2D eigenvalue weighted by molar-refractivity contribution is -0.150. The Morgan fingerprint density at radius 3 is 2.67 bits per heavy atom. The molecule has 0 radical (unpaired) electrons. The van der Waals surface area contributed by atoms with Gasteiger partial charge in [-0.25, -0.2) is 4.79 Å². The molecule has 0 saturated carbocycles. The Morgan fingerprint density at radius 1 is 1.78 bits per heavy atom. The average Bonchev–Trinajstić information content (AvgIpc) is 2.13. The molecule has 1 aliphatic heterocycles. The van der Waals surface area contributed by atoms with E-state index in [1.54, 1.807) is 0 Å². The third-order valence-electron chi connectivity index (χ3n) is 1.15. The molecular weight excluding hydrogens is 124 g/mol. The van der Waals surface area contributed by atoms with Crippen molar-refractivity contribution >= 4 is 11.8 Å². The molecule has 0 bridgehead atoms. The number of carboxylic acids is 1. The van der Waals surface area contributed by atoms with Crippen molar-refractivity contribution in [1.29, 1.82) is 0 Å². The van der Waals surface area contributed by atoms with Crippen LogP contribution in [0.3, 0.4) is 0 Å². The molecule has 1 rings (SSSR count). The molecule has 1 saturated heterocycles. The molecule has 0 aromatic rings. The van der Waals surface area contributed by atoms with Crippen molar-refractivity contribution in [2.24, 2.45) is 0 Å². The predicted octanol–water partition coefficient (Wildman–Crippen LogP) is -0.571. The Hall–Kier alpha value is -0.900. The van der Waals surface area contributed by atoms with Gasteiger partial charge in [-0.15, -0.1) is 0 Å². The largest absolute Gasteiger partial charge is 0.479 e. The van der Waals surface area contributed by atoms with Gasteiger partial charge in [0, 0.05) is 6.42 Å². The maximum Gasteiger partial charge on any atom is 0.340 e. The van der Waals surface area contributed by atoms with Crippen LogP contribution < -0.4 is 0 Å². The smallest absolute Gasteiger partial charge is 0.340 e. The lowest BCUT2D eigenvalue weighted by atomic mass is 10.2. The van der Waals surface area contributed by atoms with Crippen LogP contribution in [0.4, 0.5) is 0 Å². The first-order valence-corrected chi connectivity index (χ1v) is 2.59. The Balaban J connectivity index is 2.60. The van der Waals surface area contributed by atoms with Crippen molar-refractivity contribution < 1.29 is 19.4 Å². The zero-order valence-electron chi connectivity index (χ0n) is 4.66. The standard InChI is InChI=1S/C5H6O4/c6-3-1-2-9-4(3)5(7)8/h4H,1-2H2,(H,7,8)/t4-/m0/s1. The normalized spacial score (nSPS) is 26.7. The summed E-state index contributed by atoms with van der Waals surface area (Å²) >= 11 is 0. The van der Waals surface area contributed by atoms with Crippen molar-refractivity contribution in [3.63, 3.8) is 0 Å². The second-order valence-corrected chi connectivity index (χ2v) is 1.81. The van der Waals surface area contributed by atoms with E-state index in [1.807, 2.05) is 0 Å². The number of ether oxygens (including phenoxy) is 1. The van der Waals surface area contributed by atoms with Crippen molar-refractivity contribution in [2.75, 3.05) is 6.61 Å². The summed E-state index contributed by atoms with van der Waals surface area (Å²) in [7, 11) is 0. The Morgan fingerprint density at radius 2 is 2.44 bits per heavy atom. The van der Waals surface area contributed by atoms with Crippen LogP contribution in [-0.2, 0) is 14.3 Å².